The number of sulfonamides is 1. The summed E-state index contributed by atoms with van der Waals surface area (Å²) < 4.78 is 27.9. The molecular formula is C25H29N5O4S. The first-order valence-electron chi connectivity index (χ1n) is 11.4. The van der Waals surface area contributed by atoms with Gasteiger partial charge in [0.25, 0.3) is 0 Å². The van der Waals surface area contributed by atoms with Crippen LogP contribution in [0, 0.1) is 5.92 Å². The number of anilines is 1. The first kappa shape index (κ1) is 24.6. The minimum absolute atomic E-state index is 0.0427. The molecule has 2 aromatic carbocycles. The number of piperidine rings is 1. The number of nitrogens with one attached hydrogen (secondary N) is 1. The molecule has 0 bridgehead atoms. The SMILES string of the molecule is COc1ccc(-c2cc(N3CCC(C(=O)NCCc4ccc(S(N)(=O)=O)cc4)CC3)ncn2)cc1. The molecule has 35 heavy (non-hydrogen) atoms. The van der Waals surface area contributed by atoms with Crippen LogP contribution in [-0.2, 0) is 21.2 Å². The molecule has 1 aliphatic rings. The second-order valence-corrected chi connectivity index (χ2v) is 10.0. The number of ether oxygens (including phenoxy) is 1. The van der Waals surface area contributed by atoms with Crippen molar-refractivity contribution in [2.24, 2.45) is 11.1 Å². The van der Waals surface area contributed by atoms with Crippen molar-refractivity contribution in [2.45, 2.75) is 24.2 Å². The van der Waals surface area contributed by atoms with Gasteiger partial charge >= 0.3 is 0 Å². The number of rotatable bonds is 8. The summed E-state index contributed by atoms with van der Waals surface area (Å²) in [5.41, 5.74) is 2.77. The van der Waals surface area contributed by atoms with Crippen LogP contribution in [0.3, 0.4) is 0 Å². The van der Waals surface area contributed by atoms with E-state index >= 15 is 0 Å². The number of nitrogens with zero attached hydrogens (tertiary/aromatic N) is 3. The Kier molecular flexibility index (Phi) is 7.62. The second kappa shape index (κ2) is 10.8. The van der Waals surface area contributed by atoms with Crippen molar-refractivity contribution in [2.75, 3.05) is 31.6 Å². The van der Waals surface area contributed by atoms with Gasteiger partial charge < -0.3 is 15.0 Å². The summed E-state index contributed by atoms with van der Waals surface area (Å²) in [5.74, 6) is 1.65. The van der Waals surface area contributed by atoms with E-state index in [0.717, 1.165) is 54.3 Å². The molecule has 0 radical (unpaired) electrons. The molecule has 0 spiro atoms. The maximum Gasteiger partial charge on any atom is 0.238 e. The number of methoxy groups -OCH3 is 1. The molecule has 0 saturated carbocycles. The number of benzene rings is 2. The highest BCUT2D eigenvalue weighted by Crippen LogP contribution is 2.26. The van der Waals surface area contributed by atoms with Crippen LogP contribution in [-0.4, -0.2) is 51.0 Å². The fourth-order valence-electron chi connectivity index (χ4n) is 4.13. The molecule has 1 aromatic heterocycles. The Morgan fingerprint density at radius 3 is 2.40 bits per heavy atom. The normalized spacial score (nSPS) is 14.5. The highest BCUT2D eigenvalue weighted by atomic mass is 32.2. The van der Waals surface area contributed by atoms with Gasteiger partial charge in [0.05, 0.1) is 17.7 Å². The lowest BCUT2D eigenvalue weighted by molar-refractivity contribution is -0.125. The molecule has 1 saturated heterocycles. The molecule has 0 aliphatic carbocycles. The van der Waals surface area contributed by atoms with Gasteiger partial charge in [0.2, 0.25) is 15.9 Å². The van der Waals surface area contributed by atoms with Crippen molar-refractivity contribution in [3.63, 3.8) is 0 Å². The van der Waals surface area contributed by atoms with E-state index in [4.69, 9.17) is 9.88 Å². The Hall–Kier alpha value is -3.50. The number of hydrogen-bond acceptors (Lipinski definition) is 7. The van der Waals surface area contributed by atoms with E-state index in [-0.39, 0.29) is 16.7 Å². The zero-order valence-electron chi connectivity index (χ0n) is 19.6. The summed E-state index contributed by atoms with van der Waals surface area (Å²) in [5, 5.41) is 8.12. The average molecular weight is 496 g/mol. The summed E-state index contributed by atoms with van der Waals surface area (Å²) in [6, 6.07) is 16.1. The lowest BCUT2D eigenvalue weighted by atomic mass is 9.95. The minimum Gasteiger partial charge on any atom is -0.497 e. The highest BCUT2D eigenvalue weighted by Gasteiger charge is 2.25. The quantitative estimate of drug-likeness (QED) is 0.491. The zero-order valence-corrected chi connectivity index (χ0v) is 20.4. The van der Waals surface area contributed by atoms with Gasteiger partial charge in [-0.05, 0) is 61.2 Å². The second-order valence-electron chi connectivity index (χ2n) is 8.48. The molecule has 3 aromatic rings. The van der Waals surface area contributed by atoms with Crippen LogP contribution in [0.15, 0.2) is 65.8 Å². The number of nitrogens with two attached hydrogens (primary N) is 1. The predicted molar refractivity (Wildman–Crippen MR) is 133 cm³/mol. The van der Waals surface area contributed by atoms with Gasteiger partial charge in [-0.25, -0.2) is 23.5 Å². The van der Waals surface area contributed by atoms with Gasteiger partial charge in [-0.2, -0.15) is 0 Å². The van der Waals surface area contributed by atoms with Crippen LogP contribution in [0.1, 0.15) is 18.4 Å². The van der Waals surface area contributed by atoms with Gasteiger partial charge in [-0.1, -0.05) is 12.1 Å². The lowest BCUT2D eigenvalue weighted by Gasteiger charge is -2.32. The number of amides is 1. The third kappa shape index (κ3) is 6.34. The largest absolute Gasteiger partial charge is 0.497 e. The monoisotopic (exact) mass is 495 g/mol. The third-order valence-electron chi connectivity index (χ3n) is 6.19. The lowest BCUT2D eigenvalue weighted by Crippen LogP contribution is -2.41. The summed E-state index contributed by atoms with van der Waals surface area (Å²) in [7, 11) is -2.06. The summed E-state index contributed by atoms with van der Waals surface area (Å²) in [6.45, 7) is 1.98. The summed E-state index contributed by atoms with van der Waals surface area (Å²) in [6.07, 6.45) is 3.68. The molecule has 10 heteroatoms. The average Bonchev–Trinajstić information content (AvgIpc) is 2.88. The number of primary sulfonamides is 1. The molecule has 9 nitrogen and oxygen atoms in total. The Morgan fingerprint density at radius 2 is 1.77 bits per heavy atom. The van der Waals surface area contributed by atoms with Crippen molar-refractivity contribution in [3.8, 4) is 17.0 Å². The number of carbonyl (C=O) groups excluding carboxylic acids is 1. The highest BCUT2D eigenvalue weighted by molar-refractivity contribution is 7.89. The number of aromatic nitrogens is 2. The van der Waals surface area contributed by atoms with Crippen molar-refractivity contribution in [1.29, 1.82) is 0 Å². The van der Waals surface area contributed by atoms with Gasteiger partial charge in [-0.3, -0.25) is 4.79 Å². The van der Waals surface area contributed by atoms with Gasteiger partial charge in [0.1, 0.15) is 17.9 Å². The third-order valence-corrected chi connectivity index (χ3v) is 7.12. The molecule has 184 valence electrons. The predicted octanol–water partition coefficient (Wildman–Crippen LogP) is 2.37. The topological polar surface area (TPSA) is 128 Å². The van der Waals surface area contributed by atoms with E-state index in [1.165, 1.54) is 12.1 Å². The molecular weight excluding hydrogens is 466 g/mol. The van der Waals surface area contributed by atoms with Crippen molar-refractivity contribution < 1.29 is 17.9 Å². The van der Waals surface area contributed by atoms with Crippen LogP contribution in [0.4, 0.5) is 5.82 Å². The zero-order chi connectivity index (χ0) is 24.8. The van der Waals surface area contributed by atoms with E-state index in [1.54, 1.807) is 25.6 Å². The van der Waals surface area contributed by atoms with E-state index < -0.39 is 10.0 Å². The standard InChI is InChI=1S/C25H29N5O4S/c1-34-21-6-4-19(5-7-21)23-16-24(29-17-28-23)30-14-11-20(12-15-30)25(31)27-13-10-18-2-8-22(9-3-18)35(26,32)33/h2-9,16-17,20H,10-15H2,1H3,(H,27,31)(H2,26,32,33). The van der Waals surface area contributed by atoms with Crippen LogP contribution >= 0.6 is 0 Å². The molecule has 3 N–H and O–H groups in total. The summed E-state index contributed by atoms with van der Waals surface area (Å²) in [4.78, 5) is 23.8. The maximum atomic E-state index is 12.6. The minimum atomic E-state index is -3.70. The Balaban J connectivity index is 1.26. The molecule has 1 amide bonds. The van der Waals surface area contributed by atoms with Crippen molar-refractivity contribution in [1.82, 2.24) is 15.3 Å². The first-order chi connectivity index (χ1) is 16.8. The van der Waals surface area contributed by atoms with Gasteiger partial charge in [0.15, 0.2) is 0 Å². The molecule has 1 fully saturated rings. The van der Waals surface area contributed by atoms with E-state index in [1.807, 2.05) is 30.3 Å². The van der Waals surface area contributed by atoms with Gasteiger partial charge in [0, 0.05) is 37.2 Å². The molecule has 2 heterocycles. The smallest absolute Gasteiger partial charge is 0.238 e. The van der Waals surface area contributed by atoms with Crippen molar-refractivity contribution >= 4 is 21.7 Å². The Bertz CT molecular complexity index is 1260. The number of hydrogen-bond donors (Lipinski definition) is 2. The van der Waals surface area contributed by atoms with Crippen LogP contribution in [0.5, 0.6) is 5.75 Å². The van der Waals surface area contributed by atoms with E-state index in [0.29, 0.717) is 13.0 Å². The Morgan fingerprint density at radius 1 is 1.09 bits per heavy atom. The molecule has 0 atom stereocenters. The first-order valence-corrected chi connectivity index (χ1v) is 13.0. The molecule has 0 unspecified atom stereocenters. The molecule has 1 aliphatic heterocycles. The van der Waals surface area contributed by atoms with Crippen LogP contribution < -0.4 is 20.1 Å². The molecule has 4 rings (SSSR count). The fraction of sp³-hybridized carbons (Fsp3) is 0.320. The number of carbonyl (C=O) groups is 1. The van der Waals surface area contributed by atoms with E-state index in [9.17, 15) is 13.2 Å². The maximum absolute atomic E-state index is 12.6. The van der Waals surface area contributed by atoms with Crippen LogP contribution in [0.2, 0.25) is 0 Å². The van der Waals surface area contributed by atoms with Gasteiger partial charge in [-0.15, -0.1) is 0 Å². The summed E-state index contributed by atoms with van der Waals surface area (Å²) >= 11 is 0. The van der Waals surface area contributed by atoms with Crippen LogP contribution in [0.25, 0.3) is 11.3 Å². The Labute approximate surface area is 205 Å². The van der Waals surface area contributed by atoms with Crippen molar-refractivity contribution in [3.05, 3.63) is 66.5 Å². The fourth-order valence-corrected chi connectivity index (χ4v) is 4.65. The van der Waals surface area contributed by atoms with E-state index in [2.05, 4.69) is 20.2 Å².